The van der Waals surface area contributed by atoms with Gasteiger partial charge in [0.25, 0.3) is 0 Å². The Bertz CT molecular complexity index is 630. The molecule has 1 aliphatic carbocycles. The maximum Gasteiger partial charge on any atom is 0.243 e. The third-order valence-electron chi connectivity index (χ3n) is 3.86. The zero-order valence-corrected chi connectivity index (χ0v) is 13.2. The van der Waals surface area contributed by atoms with Gasteiger partial charge in [-0.1, -0.05) is 12.1 Å². The number of hydrazone groups is 1. The predicted molar refractivity (Wildman–Crippen MR) is 86.3 cm³/mol. The second kappa shape index (κ2) is 6.26. The van der Waals surface area contributed by atoms with E-state index >= 15 is 0 Å². The molecule has 2 N–H and O–H groups in total. The molecule has 0 bridgehead atoms. The number of amides is 2. The van der Waals surface area contributed by atoms with Crippen LogP contribution in [-0.2, 0) is 9.59 Å². The summed E-state index contributed by atoms with van der Waals surface area (Å²) >= 11 is 11.5. The molecule has 1 saturated carbocycles. The highest BCUT2D eigenvalue weighted by atomic mass is 35.5. The summed E-state index contributed by atoms with van der Waals surface area (Å²) in [7, 11) is 0. The van der Waals surface area contributed by atoms with Gasteiger partial charge in [0.15, 0.2) is 0 Å². The molecule has 1 aliphatic heterocycles. The molecule has 1 aromatic carbocycles. The van der Waals surface area contributed by atoms with Crippen LogP contribution in [0.15, 0.2) is 29.4 Å². The molecule has 116 valence electrons. The minimum absolute atomic E-state index is 0.00470. The highest BCUT2D eigenvalue weighted by Gasteiger charge is 2.49. The fourth-order valence-corrected chi connectivity index (χ4v) is 3.01. The SMILES string of the molecule is O=C(Nc1ccc(C2=NNC(=O)C3CC23)cc1)C(Cl)CCCl. The number of benzene rings is 1. The van der Waals surface area contributed by atoms with Crippen molar-refractivity contribution in [2.24, 2.45) is 16.9 Å². The lowest BCUT2D eigenvalue weighted by Gasteiger charge is -2.13. The summed E-state index contributed by atoms with van der Waals surface area (Å²) < 4.78 is 0. The Morgan fingerprint density at radius 3 is 2.77 bits per heavy atom. The van der Waals surface area contributed by atoms with Crippen molar-refractivity contribution in [3.8, 4) is 0 Å². The van der Waals surface area contributed by atoms with E-state index in [-0.39, 0.29) is 23.7 Å². The van der Waals surface area contributed by atoms with Gasteiger partial charge in [-0.15, -0.1) is 23.2 Å². The van der Waals surface area contributed by atoms with Crippen molar-refractivity contribution in [1.29, 1.82) is 0 Å². The summed E-state index contributed by atoms with van der Waals surface area (Å²) in [6, 6.07) is 7.36. The molecule has 3 atom stereocenters. The second-order valence-corrected chi connectivity index (χ2v) is 6.34. The predicted octanol–water partition coefficient (Wildman–Crippen LogP) is 2.33. The van der Waals surface area contributed by atoms with Crippen LogP contribution in [0, 0.1) is 11.8 Å². The lowest BCUT2D eigenvalue weighted by atomic mass is 10.0. The first-order chi connectivity index (χ1) is 10.6. The van der Waals surface area contributed by atoms with Crippen molar-refractivity contribution in [2.45, 2.75) is 18.2 Å². The van der Waals surface area contributed by atoms with Crippen molar-refractivity contribution in [3.05, 3.63) is 29.8 Å². The summed E-state index contributed by atoms with van der Waals surface area (Å²) in [6.45, 7) is 0. The molecule has 2 aliphatic rings. The van der Waals surface area contributed by atoms with Crippen LogP contribution >= 0.6 is 23.2 Å². The minimum Gasteiger partial charge on any atom is -0.325 e. The fourth-order valence-electron chi connectivity index (χ4n) is 2.52. The number of hydrogen-bond donors (Lipinski definition) is 2. The zero-order chi connectivity index (χ0) is 15.7. The normalized spacial score (nSPS) is 23.9. The monoisotopic (exact) mass is 339 g/mol. The largest absolute Gasteiger partial charge is 0.325 e. The van der Waals surface area contributed by atoms with Gasteiger partial charge >= 0.3 is 0 Å². The molecule has 7 heteroatoms. The van der Waals surface area contributed by atoms with Crippen molar-refractivity contribution in [2.75, 3.05) is 11.2 Å². The van der Waals surface area contributed by atoms with Gasteiger partial charge in [-0.3, -0.25) is 9.59 Å². The molecular formula is C15H15Cl2N3O2. The van der Waals surface area contributed by atoms with Crippen LogP contribution < -0.4 is 10.7 Å². The number of nitrogens with one attached hydrogen (secondary N) is 2. The van der Waals surface area contributed by atoms with Crippen LogP contribution in [-0.4, -0.2) is 28.8 Å². The van der Waals surface area contributed by atoms with Gasteiger partial charge in [-0.25, -0.2) is 5.43 Å². The third-order valence-corrected chi connectivity index (χ3v) is 4.49. The van der Waals surface area contributed by atoms with Crippen molar-refractivity contribution in [1.82, 2.24) is 5.43 Å². The number of halogens is 2. The summed E-state index contributed by atoms with van der Waals surface area (Å²) in [6.07, 6.45) is 1.28. The summed E-state index contributed by atoms with van der Waals surface area (Å²) in [5.41, 5.74) is 5.07. The number of alkyl halides is 2. The van der Waals surface area contributed by atoms with E-state index in [0.29, 0.717) is 18.0 Å². The second-order valence-electron chi connectivity index (χ2n) is 5.43. The molecule has 0 saturated heterocycles. The molecule has 2 amide bonds. The number of carbonyl (C=O) groups excluding carboxylic acids is 2. The molecule has 1 heterocycles. The Morgan fingerprint density at radius 1 is 1.36 bits per heavy atom. The van der Waals surface area contributed by atoms with E-state index in [2.05, 4.69) is 15.8 Å². The highest BCUT2D eigenvalue weighted by molar-refractivity contribution is 6.33. The van der Waals surface area contributed by atoms with Crippen LogP contribution in [0.25, 0.3) is 0 Å². The molecule has 0 radical (unpaired) electrons. The molecule has 3 unspecified atom stereocenters. The van der Waals surface area contributed by atoms with E-state index in [1.807, 2.05) is 12.1 Å². The van der Waals surface area contributed by atoms with E-state index in [4.69, 9.17) is 23.2 Å². The van der Waals surface area contributed by atoms with Crippen LogP contribution in [0.5, 0.6) is 0 Å². The van der Waals surface area contributed by atoms with Gasteiger partial charge in [-0.05, 0) is 30.5 Å². The van der Waals surface area contributed by atoms with Gasteiger partial charge < -0.3 is 5.32 Å². The van der Waals surface area contributed by atoms with E-state index in [9.17, 15) is 9.59 Å². The summed E-state index contributed by atoms with van der Waals surface area (Å²) in [4.78, 5) is 23.2. The van der Waals surface area contributed by atoms with Gasteiger partial charge in [0.05, 0.1) is 5.71 Å². The van der Waals surface area contributed by atoms with Crippen LogP contribution in [0.1, 0.15) is 18.4 Å². The van der Waals surface area contributed by atoms with Crippen molar-refractivity contribution >= 4 is 46.4 Å². The lowest BCUT2D eigenvalue weighted by Crippen LogP contribution is -2.28. The Labute approximate surface area is 138 Å². The first-order valence-corrected chi connectivity index (χ1v) is 8.06. The maximum absolute atomic E-state index is 11.8. The molecule has 22 heavy (non-hydrogen) atoms. The molecule has 0 aromatic heterocycles. The average molecular weight is 340 g/mol. The standard InChI is InChI=1S/C15H15Cl2N3O2/c16-6-5-12(17)15(22)18-9-3-1-8(2-4-9)13-10-7-11(10)14(21)20-19-13/h1-4,10-12H,5-7H2,(H,18,22)(H,20,21). The molecule has 1 fully saturated rings. The summed E-state index contributed by atoms with van der Waals surface area (Å²) in [5, 5.41) is 6.25. The smallest absolute Gasteiger partial charge is 0.243 e. The van der Waals surface area contributed by atoms with Gasteiger partial charge in [-0.2, -0.15) is 5.10 Å². The van der Waals surface area contributed by atoms with Crippen LogP contribution in [0.2, 0.25) is 0 Å². The van der Waals surface area contributed by atoms with E-state index in [1.54, 1.807) is 12.1 Å². The number of fused-ring (bicyclic) bond motifs is 1. The highest BCUT2D eigenvalue weighted by Crippen LogP contribution is 2.43. The Hall–Kier alpha value is -1.59. The van der Waals surface area contributed by atoms with Crippen molar-refractivity contribution < 1.29 is 9.59 Å². The van der Waals surface area contributed by atoms with E-state index in [1.165, 1.54) is 0 Å². The third kappa shape index (κ3) is 3.10. The Kier molecular flexibility index (Phi) is 4.36. The number of anilines is 1. The van der Waals surface area contributed by atoms with Crippen LogP contribution in [0.3, 0.4) is 0 Å². The maximum atomic E-state index is 11.8. The molecule has 3 rings (SSSR count). The number of rotatable bonds is 5. The number of nitrogens with zero attached hydrogens (tertiary/aromatic N) is 1. The fraction of sp³-hybridized carbons (Fsp3) is 0.400. The van der Waals surface area contributed by atoms with E-state index in [0.717, 1.165) is 17.7 Å². The Morgan fingerprint density at radius 2 is 2.09 bits per heavy atom. The van der Waals surface area contributed by atoms with Crippen molar-refractivity contribution in [3.63, 3.8) is 0 Å². The Balaban J connectivity index is 1.66. The first kappa shape index (κ1) is 15.3. The zero-order valence-electron chi connectivity index (χ0n) is 11.7. The van der Waals surface area contributed by atoms with Gasteiger partial charge in [0.1, 0.15) is 5.38 Å². The average Bonchev–Trinajstić information content (AvgIpc) is 3.30. The molecular weight excluding hydrogens is 325 g/mol. The van der Waals surface area contributed by atoms with Gasteiger partial charge in [0, 0.05) is 23.4 Å². The number of hydrogen-bond acceptors (Lipinski definition) is 3. The lowest BCUT2D eigenvalue weighted by molar-refractivity contribution is -0.122. The van der Waals surface area contributed by atoms with Gasteiger partial charge in [0.2, 0.25) is 11.8 Å². The van der Waals surface area contributed by atoms with E-state index < -0.39 is 5.38 Å². The minimum atomic E-state index is -0.637. The van der Waals surface area contributed by atoms with Crippen LogP contribution in [0.4, 0.5) is 5.69 Å². The molecule has 1 aromatic rings. The quantitative estimate of drug-likeness (QED) is 0.808. The first-order valence-electron chi connectivity index (χ1n) is 7.09. The molecule has 5 nitrogen and oxygen atoms in total. The summed E-state index contributed by atoms with van der Waals surface area (Å²) in [5.74, 6) is 0.378. The topological polar surface area (TPSA) is 70.6 Å². The molecule has 0 spiro atoms. The number of carbonyl (C=O) groups is 2.